The van der Waals surface area contributed by atoms with Gasteiger partial charge in [0.1, 0.15) is 0 Å². The van der Waals surface area contributed by atoms with Gasteiger partial charge in [-0.2, -0.15) is 0 Å². The van der Waals surface area contributed by atoms with Crippen LogP contribution < -0.4 is 0 Å². The summed E-state index contributed by atoms with van der Waals surface area (Å²) in [5.74, 6) is 0. The fourth-order valence-electron chi connectivity index (χ4n) is 1.21. The van der Waals surface area contributed by atoms with Crippen LogP contribution >= 0.6 is 0 Å². The Morgan fingerprint density at radius 2 is 1.75 bits per heavy atom. The maximum absolute atomic E-state index is 8.69. The van der Waals surface area contributed by atoms with Crippen LogP contribution in [0.3, 0.4) is 0 Å². The number of aliphatic hydroxyl groups is 1. The van der Waals surface area contributed by atoms with E-state index in [1.807, 2.05) is 27.7 Å². The molecule has 0 aliphatic carbocycles. The molecule has 1 unspecified atom stereocenters. The highest BCUT2D eigenvalue weighted by Gasteiger charge is 2.18. The largest absolute Gasteiger partial charge is 0.395 e. The zero-order valence-electron chi connectivity index (χ0n) is 9.30. The average Bonchev–Trinajstić information content (AvgIpc) is 2.58. The zero-order valence-corrected chi connectivity index (χ0v) is 9.30. The molecule has 2 nitrogen and oxygen atoms in total. The second kappa shape index (κ2) is 10.9. The quantitative estimate of drug-likeness (QED) is 0.660. The van der Waals surface area contributed by atoms with E-state index in [0.717, 1.165) is 6.54 Å². The molecule has 12 heavy (non-hydrogen) atoms. The fourth-order valence-corrected chi connectivity index (χ4v) is 1.21. The SMILES string of the molecule is CC.CC.CN1CCCC1CO. The molecule has 1 fully saturated rings. The number of likely N-dealkylation sites (N-methyl/N-ethyl adjacent to an activating group) is 1. The van der Waals surface area contributed by atoms with Crippen LogP contribution in [0.4, 0.5) is 0 Å². The number of aliphatic hydroxyl groups excluding tert-OH is 1. The van der Waals surface area contributed by atoms with Crippen molar-refractivity contribution in [2.75, 3.05) is 20.2 Å². The lowest BCUT2D eigenvalue weighted by Crippen LogP contribution is -2.27. The van der Waals surface area contributed by atoms with Crippen molar-refractivity contribution in [1.29, 1.82) is 0 Å². The third kappa shape index (κ3) is 5.56. The van der Waals surface area contributed by atoms with Crippen LogP contribution in [-0.4, -0.2) is 36.2 Å². The van der Waals surface area contributed by atoms with Gasteiger partial charge in [-0.05, 0) is 26.4 Å². The molecular weight excluding hydrogens is 150 g/mol. The van der Waals surface area contributed by atoms with Crippen molar-refractivity contribution in [2.45, 2.75) is 46.6 Å². The van der Waals surface area contributed by atoms with Crippen LogP contribution in [0.1, 0.15) is 40.5 Å². The monoisotopic (exact) mass is 175 g/mol. The molecule has 1 atom stereocenters. The molecule has 0 aromatic heterocycles. The molecule has 1 saturated heterocycles. The summed E-state index contributed by atoms with van der Waals surface area (Å²) in [6.07, 6.45) is 2.43. The van der Waals surface area contributed by atoms with Crippen LogP contribution in [0.15, 0.2) is 0 Å². The van der Waals surface area contributed by atoms with Crippen molar-refractivity contribution in [3.8, 4) is 0 Å². The van der Waals surface area contributed by atoms with Crippen LogP contribution in [0.2, 0.25) is 0 Å². The lowest BCUT2D eigenvalue weighted by Gasteiger charge is -2.15. The van der Waals surface area contributed by atoms with Crippen molar-refractivity contribution >= 4 is 0 Å². The van der Waals surface area contributed by atoms with Crippen LogP contribution in [0, 0.1) is 0 Å². The molecule has 1 heterocycles. The highest BCUT2D eigenvalue weighted by atomic mass is 16.3. The van der Waals surface area contributed by atoms with Gasteiger partial charge in [-0.3, -0.25) is 0 Å². The van der Waals surface area contributed by atoms with E-state index in [1.165, 1.54) is 12.8 Å². The molecule has 1 N–H and O–H groups in total. The van der Waals surface area contributed by atoms with Crippen molar-refractivity contribution in [3.05, 3.63) is 0 Å². The van der Waals surface area contributed by atoms with E-state index in [9.17, 15) is 0 Å². The molecule has 0 saturated carbocycles. The predicted octanol–water partition coefficient (Wildman–Crippen LogP) is 2.13. The Labute approximate surface area is 77.6 Å². The van der Waals surface area contributed by atoms with Gasteiger partial charge in [-0.25, -0.2) is 0 Å². The maximum Gasteiger partial charge on any atom is 0.0586 e. The van der Waals surface area contributed by atoms with E-state index in [2.05, 4.69) is 11.9 Å². The molecule has 76 valence electrons. The minimum atomic E-state index is 0.330. The van der Waals surface area contributed by atoms with Gasteiger partial charge < -0.3 is 10.0 Å². The molecule has 0 radical (unpaired) electrons. The molecule has 1 rings (SSSR count). The number of rotatable bonds is 1. The molecule has 2 heteroatoms. The minimum Gasteiger partial charge on any atom is -0.395 e. The third-order valence-electron chi connectivity index (χ3n) is 1.88. The van der Waals surface area contributed by atoms with Gasteiger partial charge in [0.05, 0.1) is 6.61 Å². The van der Waals surface area contributed by atoms with Crippen molar-refractivity contribution < 1.29 is 5.11 Å². The van der Waals surface area contributed by atoms with E-state index in [1.54, 1.807) is 0 Å². The third-order valence-corrected chi connectivity index (χ3v) is 1.88. The van der Waals surface area contributed by atoms with Gasteiger partial charge in [-0.15, -0.1) is 0 Å². The summed E-state index contributed by atoms with van der Waals surface area (Å²) in [7, 11) is 2.06. The highest BCUT2D eigenvalue weighted by Crippen LogP contribution is 2.12. The van der Waals surface area contributed by atoms with E-state index in [-0.39, 0.29) is 0 Å². The van der Waals surface area contributed by atoms with Gasteiger partial charge in [0, 0.05) is 6.04 Å². The Bertz CT molecular complexity index is 76.2. The van der Waals surface area contributed by atoms with Crippen LogP contribution in [0.5, 0.6) is 0 Å². The van der Waals surface area contributed by atoms with Gasteiger partial charge in [0.25, 0.3) is 0 Å². The Morgan fingerprint density at radius 3 is 1.92 bits per heavy atom. The van der Waals surface area contributed by atoms with Crippen molar-refractivity contribution in [1.82, 2.24) is 4.90 Å². The summed E-state index contributed by atoms with van der Waals surface area (Å²) < 4.78 is 0. The number of likely N-dealkylation sites (tertiary alicyclic amines) is 1. The van der Waals surface area contributed by atoms with Gasteiger partial charge >= 0.3 is 0 Å². The molecule has 0 aromatic carbocycles. The van der Waals surface area contributed by atoms with E-state index in [4.69, 9.17) is 5.11 Å². The second-order valence-electron chi connectivity index (χ2n) is 2.46. The van der Waals surface area contributed by atoms with Gasteiger partial charge in [-0.1, -0.05) is 27.7 Å². The molecule has 0 amide bonds. The lowest BCUT2D eigenvalue weighted by molar-refractivity contribution is 0.182. The molecule has 0 bridgehead atoms. The normalized spacial score (nSPS) is 22.0. The smallest absolute Gasteiger partial charge is 0.0586 e. The summed E-state index contributed by atoms with van der Waals surface area (Å²) in [5, 5.41) is 8.69. The Kier molecular flexibility index (Phi) is 13.1. The van der Waals surface area contributed by atoms with Crippen molar-refractivity contribution in [2.24, 2.45) is 0 Å². The standard InChI is InChI=1S/C6H13NO.2C2H6/c1-7-4-2-3-6(7)5-8;2*1-2/h6,8H,2-5H2,1H3;2*1-2H3. The molecule has 0 aromatic rings. The second-order valence-corrected chi connectivity index (χ2v) is 2.46. The summed E-state index contributed by atoms with van der Waals surface area (Å²) in [5.41, 5.74) is 0. The molecule has 1 aliphatic rings. The van der Waals surface area contributed by atoms with Crippen LogP contribution in [0.25, 0.3) is 0 Å². The van der Waals surface area contributed by atoms with Gasteiger partial charge in [0.2, 0.25) is 0 Å². The average molecular weight is 175 g/mol. The molecule has 0 spiro atoms. The first-order valence-electron chi connectivity index (χ1n) is 5.15. The van der Waals surface area contributed by atoms with E-state index in [0.29, 0.717) is 12.6 Å². The first-order chi connectivity index (χ1) is 5.84. The fraction of sp³-hybridized carbons (Fsp3) is 1.00. The summed E-state index contributed by atoms with van der Waals surface area (Å²) in [4.78, 5) is 2.21. The first-order valence-corrected chi connectivity index (χ1v) is 5.15. The summed E-state index contributed by atoms with van der Waals surface area (Å²) in [6, 6.07) is 0.454. The Morgan fingerprint density at radius 1 is 1.25 bits per heavy atom. The molecular formula is C10H25NO. The van der Waals surface area contributed by atoms with E-state index < -0.39 is 0 Å². The minimum absolute atomic E-state index is 0.330. The lowest BCUT2D eigenvalue weighted by atomic mass is 10.2. The van der Waals surface area contributed by atoms with Gasteiger partial charge in [0.15, 0.2) is 0 Å². The Hall–Kier alpha value is -0.0800. The van der Waals surface area contributed by atoms with Crippen molar-refractivity contribution in [3.63, 3.8) is 0 Å². The zero-order chi connectivity index (χ0) is 9.98. The first kappa shape index (κ1) is 14.4. The summed E-state index contributed by atoms with van der Waals surface area (Å²) in [6.45, 7) is 9.49. The molecule has 1 aliphatic heterocycles. The van der Waals surface area contributed by atoms with Crippen LogP contribution in [-0.2, 0) is 0 Å². The number of hydrogen-bond acceptors (Lipinski definition) is 2. The Balaban J connectivity index is 0. The number of nitrogens with zero attached hydrogens (tertiary/aromatic N) is 1. The summed E-state index contributed by atoms with van der Waals surface area (Å²) >= 11 is 0. The predicted molar refractivity (Wildman–Crippen MR) is 55.4 cm³/mol. The topological polar surface area (TPSA) is 23.5 Å². The number of hydrogen-bond donors (Lipinski definition) is 1. The maximum atomic E-state index is 8.69. The highest BCUT2D eigenvalue weighted by molar-refractivity contribution is 4.74. The van der Waals surface area contributed by atoms with E-state index >= 15 is 0 Å².